The van der Waals surface area contributed by atoms with Crippen molar-refractivity contribution in [1.82, 2.24) is 20.0 Å². The van der Waals surface area contributed by atoms with E-state index < -0.39 is 5.54 Å². The van der Waals surface area contributed by atoms with Gasteiger partial charge in [-0.3, -0.25) is 14.5 Å². The SMILES string of the molecule is O=C(CCN1C(=O)NC2(CCCC2)C1=O)Nc1ccnn1C1CCCCC1. The Balaban J connectivity index is 1.33. The first kappa shape index (κ1) is 18.0. The van der Waals surface area contributed by atoms with Crippen molar-refractivity contribution in [3.05, 3.63) is 12.3 Å². The molecule has 1 aromatic heterocycles. The minimum Gasteiger partial charge on any atom is -0.323 e. The highest BCUT2D eigenvalue weighted by Crippen LogP contribution is 2.35. The maximum Gasteiger partial charge on any atom is 0.325 e. The van der Waals surface area contributed by atoms with Gasteiger partial charge < -0.3 is 10.6 Å². The fourth-order valence-electron chi connectivity index (χ4n) is 4.65. The highest BCUT2D eigenvalue weighted by molar-refractivity contribution is 6.07. The molecule has 146 valence electrons. The molecule has 0 unspecified atom stereocenters. The minimum absolute atomic E-state index is 0.0884. The molecule has 4 amide bonds. The van der Waals surface area contributed by atoms with Gasteiger partial charge in [-0.2, -0.15) is 5.10 Å². The van der Waals surface area contributed by atoms with Gasteiger partial charge in [-0.15, -0.1) is 0 Å². The van der Waals surface area contributed by atoms with Crippen molar-refractivity contribution in [2.45, 2.75) is 75.8 Å². The summed E-state index contributed by atoms with van der Waals surface area (Å²) in [6.07, 6.45) is 10.9. The number of carbonyl (C=O) groups excluding carboxylic acids is 3. The summed E-state index contributed by atoms with van der Waals surface area (Å²) >= 11 is 0. The van der Waals surface area contributed by atoms with Gasteiger partial charge in [0.05, 0.1) is 12.2 Å². The molecule has 1 aromatic rings. The first-order valence-electron chi connectivity index (χ1n) is 10.1. The second-order valence-electron chi connectivity index (χ2n) is 7.93. The Labute approximate surface area is 158 Å². The van der Waals surface area contributed by atoms with Crippen LogP contribution in [0.15, 0.2) is 12.3 Å². The molecule has 27 heavy (non-hydrogen) atoms. The van der Waals surface area contributed by atoms with E-state index in [0.29, 0.717) is 24.7 Å². The molecule has 1 spiro atoms. The molecule has 1 saturated heterocycles. The predicted octanol–water partition coefficient (Wildman–Crippen LogP) is 2.58. The van der Waals surface area contributed by atoms with E-state index >= 15 is 0 Å². The molecule has 2 N–H and O–H groups in total. The molecule has 2 saturated carbocycles. The highest BCUT2D eigenvalue weighted by atomic mass is 16.2. The average Bonchev–Trinajstić information content (AvgIpc) is 3.37. The van der Waals surface area contributed by atoms with Crippen LogP contribution in [0.25, 0.3) is 0 Å². The number of carbonyl (C=O) groups is 3. The monoisotopic (exact) mass is 373 g/mol. The molecule has 0 bridgehead atoms. The van der Waals surface area contributed by atoms with Gasteiger partial charge in [-0.1, -0.05) is 32.1 Å². The zero-order valence-corrected chi connectivity index (χ0v) is 15.6. The van der Waals surface area contributed by atoms with E-state index in [1.165, 1.54) is 24.2 Å². The molecular formula is C19H27N5O3. The Morgan fingerprint density at radius 2 is 1.93 bits per heavy atom. The lowest BCUT2D eigenvalue weighted by Gasteiger charge is -2.24. The second kappa shape index (κ2) is 7.32. The van der Waals surface area contributed by atoms with Crippen LogP contribution < -0.4 is 10.6 Å². The van der Waals surface area contributed by atoms with Gasteiger partial charge in [-0.05, 0) is 25.7 Å². The van der Waals surface area contributed by atoms with E-state index in [2.05, 4.69) is 15.7 Å². The van der Waals surface area contributed by atoms with E-state index in [9.17, 15) is 14.4 Å². The van der Waals surface area contributed by atoms with Crippen molar-refractivity contribution in [2.24, 2.45) is 0 Å². The highest BCUT2D eigenvalue weighted by Gasteiger charge is 2.52. The number of aromatic nitrogens is 2. The molecule has 1 aliphatic heterocycles. The lowest BCUT2D eigenvalue weighted by molar-refractivity contribution is -0.131. The fourth-order valence-corrected chi connectivity index (χ4v) is 4.65. The summed E-state index contributed by atoms with van der Waals surface area (Å²) in [5.41, 5.74) is -0.715. The zero-order valence-electron chi connectivity index (χ0n) is 15.6. The topological polar surface area (TPSA) is 96.3 Å². The van der Waals surface area contributed by atoms with Crippen LogP contribution >= 0.6 is 0 Å². The van der Waals surface area contributed by atoms with Gasteiger partial charge in [0.15, 0.2) is 0 Å². The maximum atomic E-state index is 12.6. The van der Waals surface area contributed by atoms with E-state index in [1.54, 1.807) is 12.3 Å². The largest absolute Gasteiger partial charge is 0.325 e. The Hall–Kier alpha value is -2.38. The van der Waals surface area contributed by atoms with Crippen molar-refractivity contribution in [2.75, 3.05) is 11.9 Å². The molecule has 0 atom stereocenters. The third-order valence-corrected chi connectivity index (χ3v) is 6.12. The number of anilines is 1. The van der Waals surface area contributed by atoms with Crippen LogP contribution in [0.3, 0.4) is 0 Å². The van der Waals surface area contributed by atoms with Gasteiger partial charge in [0.2, 0.25) is 5.91 Å². The summed E-state index contributed by atoms with van der Waals surface area (Å²) in [5.74, 6) is 0.307. The van der Waals surface area contributed by atoms with Crippen molar-refractivity contribution < 1.29 is 14.4 Å². The predicted molar refractivity (Wildman–Crippen MR) is 99.0 cm³/mol. The van der Waals surface area contributed by atoms with E-state index in [0.717, 1.165) is 25.7 Å². The fraction of sp³-hybridized carbons (Fsp3) is 0.684. The van der Waals surface area contributed by atoms with E-state index in [4.69, 9.17) is 0 Å². The standard InChI is InChI=1S/C19H27N5O3/c25-16(21-15-8-12-20-24(15)14-6-2-1-3-7-14)9-13-23-17(26)19(22-18(23)27)10-4-5-11-19/h8,12,14H,1-7,9-11,13H2,(H,21,25)(H,22,27). The van der Waals surface area contributed by atoms with Crippen LogP contribution in [-0.2, 0) is 9.59 Å². The van der Waals surface area contributed by atoms with Crippen molar-refractivity contribution in [3.8, 4) is 0 Å². The first-order valence-corrected chi connectivity index (χ1v) is 10.1. The quantitative estimate of drug-likeness (QED) is 0.775. The van der Waals surface area contributed by atoms with Crippen molar-refractivity contribution >= 4 is 23.7 Å². The van der Waals surface area contributed by atoms with Crippen molar-refractivity contribution in [1.29, 1.82) is 0 Å². The van der Waals surface area contributed by atoms with Crippen LogP contribution in [0.2, 0.25) is 0 Å². The van der Waals surface area contributed by atoms with Crippen LogP contribution in [0.5, 0.6) is 0 Å². The molecule has 4 rings (SSSR count). The molecule has 0 aromatic carbocycles. The number of hydrogen-bond acceptors (Lipinski definition) is 4. The first-order chi connectivity index (χ1) is 13.1. The Morgan fingerprint density at radius 1 is 1.19 bits per heavy atom. The Kier molecular flexibility index (Phi) is 4.88. The minimum atomic E-state index is -0.715. The van der Waals surface area contributed by atoms with Gasteiger partial charge >= 0.3 is 6.03 Å². The number of nitrogens with zero attached hydrogens (tertiary/aromatic N) is 3. The lowest BCUT2D eigenvalue weighted by Crippen LogP contribution is -2.44. The summed E-state index contributed by atoms with van der Waals surface area (Å²) in [4.78, 5) is 38.4. The molecule has 2 aliphatic carbocycles. The molecule has 3 aliphatic rings. The molecular weight excluding hydrogens is 346 g/mol. The van der Waals surface area contributed by atoms with Gasteiger partial charge in [0.25, 0.3) is 5.91 Å². The van der Waals surface area contributed by atoms with Gasteiger partial charge in [0, 0.05) is 19.0 Å². The molecule has 8 heteroatoms. The zero-order chi connectivity index (χ0) is 18.9. The number of nitrogens with one attached hydrogen (secondary N) is 2. The van der Waals surface area contributed by atoms with E-state index in [-0.39, 0.29) is 30.8 Å². The summed E-state index contributed by atoms with van der Waals surface area (Å²) in [6, 6.07) is 1.76. The second-order valence-corrected chi connectivity index (χ2v) is 7.93. The van der Waals surface area contributed by atoms with E-state index in [1.807, 2.05) is 4.68 Å². The van der Waals surface area contributed by atoms with Crippen LogP contribution in [0, 0.1) is 0 Å². The number of imide groups is 1. The maximum absolute atomic E-state index is 12.6. The Morgan fingerprint density at radius 3 is 2.67 bits per heavy atom. The molecule has 8 nitrogen and oxygen atoms in total. The summed E-state index contributed by atoms with van der Waals surface area (Å²) in [5, 5.41) is 10.1. The smallest absolute Gasteiger partial charge is 0.323 e. The third-order valence-electron chi connectivity index (χ3n) is 6.12. The number of hydrogen-bond donors (Lipinski definition) is 2. The van der Waals surface area contributed by atoms with Gasteiger partial charge in [-0.25, -0.2) is 9.48 Å². The summed E-state index contributed by atoms with van der Waals surface area (Å²) in [6.45, 7) is 0.107. The molecule has 3 fully saturated rings. The summed E-state index contributed by atoms with van der Waals surface area (Å²) in [7, 11) is 0. The van der Waals surface area contributed by atoms with Crippen LogP contribution in [0.1, 0.15) is 70.3 Å². The Bertz CT molecular complexity index is 731. The van der Waals surface area contributed by atoms with Crippen LogP contribution in [0.4, 0.5) is 10.6 Å². The van der Waals surface area contributed by atoms with Crippen LogP contribution in [-0.4, -0.2) is 44.6 Å². The van der Waals surface area contributed by atoms with Gasteiger partial charge in [0.1, 0.15) is 11.4 Å². The average molecular weight is 373 g/mol. The molecule has 0 radical (unpaired) electrons. The number of amides is 4. The number of urea groups is 1. The molecule has 2 heterocycles. The third kappa shape index (κ3) is 3.44. The normalized spacial score (nSPS) is 22.4. The number of rotatable bonds is 5. The lowest BCUT2D eigenvalue weighted by atomic mass is 9.96. The van der Waals surface area contributed by atoms with Crippen molar-refractivity contribution in [3.63, 3.8) is 0 Å². The summed E-state index contributed by atoms with van der Waals surface area (Å²) < 4.78 is 1.90.